The highest BCUT2D eigenvalue weighted by atomic mass is 16.7. The van der Waals surface area contributed by atoms with Crippen molar-refractivity contribution < 1.29 is 14.6 Å². The summed E-state index contributed by atoms with van der Waals surface area (Å²) in [5.74, 6) is 0.128. The van der Waals surface area contributed by atoms with E-state index in [1.54, 1.807) is 7.11 Å². The Balaban J connectivity index is 1.88. The maximum absolute atomic E-state index is 9.88. The van der Waals surface area contributed by atoms with Gasteiger partial charge in [0, 0.05) is 13.0 Å². The van der Waals surface area contributed by atoms with Gasteiger partial charge in [-0.05, 0) is 18.4 Å². The van der Waals surface area contributed by atoms with E-state index in [0.29, 0.717) is 0 Å². The van der Waals surface area contributed by atoms with E-state index in [2.05, 4.69) is 12.1 Å². The van der Waals surface area contributed by atoms with Crippen LogP contribution in [-0.4, -0.2) is 30.7 Å². The zero-order valence-electron chi connectivity index (χ0n) is 10.4. The van der Waals surface area contributed by atoms with Crippen LogP contribution in [-0.2, 0) is 15.9 Å². The number of benzene rings is 1. The molecule has 0 bridgehead atoms. The second kappa shape index (κ2) is 5.63. The second-order valence-electron chi connectivity index (χ2n) is 4.65. The molecule has 94 valence electrons. The molecular weight excluding hydrogens is 216 g/mol. The van der Waals surface area contributed by atoms with Gasteiger partial charge < -0.3 is 14.6 Å². The Morgan fingerprint density at radius 2 is 2.00 bits per heavy atom. The minimum absolute atomic E-state index is 0.0788. The summed E-state index contributed by atoms with van der Waals surface area (Å²) in [6, 6.07) is 10.3. The monoisotopic (exact) mass is 236 g/mol. The van der Waals surface area contributed by atoms with Crippen LogP contribution in [0, 0.1) is 5.92 Å². The van der Waals surface area contributed by atoms with Gasteiger partial charge in [0.25, 0.3) is 0 Å². The first-order valence-electron chi connectivity index (χ1n) is 6.12. The van der Waals surface area contributed by atoms with Gasteiger partial charge in [0.1, 0.15) is 6.10 Å². The average molecular weight is 236 g/mol. The van der Waals surface area contributed by atoms with E-state index in [4.69, 9.17) is 9.47 Å². The fourth-order valence-electron chi connectivity index (χ4n) is 2.32. The number of aliphatic hydroxyl groups is 1. The van der Waals surface area contributed by atoms with E-state index in [0.717, 1.165) is 12.8 Å². The van der Waals surface area contributed by atoms with Crippen LogP contribution in [0.4, 0.5) is 0 Å². The summed E-state index contributed by atoms with van der Waals surface area (Å²) in [5.41, 5.74) is 1.30. The van der Waals surface area contributed by atoms with Gasteiger partial charge >= 0.3 is 0 Å². The van der Waals surface area contributed by atoms with E-state index in [-0.39, 0.29) is 12.0 Å². The van der Waals surface area contributed by atoms with Crippen LogP contribution in [0.1, 0.15) is 18.9 Å². The van der Waals surface area contributed by atoms with E-state index >= 15 is 0 Å². The smallest absolute Gasteiger partial charge is 0.183 e. The number of ether oxygens (including phenoxy) is 2. The zero-order valence-corrected chi connectivity index (χ0v) is 10.4. The van der Waals surface area contributed by atoms with Crippen molar-refractivity contribution in [3.63, 3.8) is 0 Å². The highest BCUT2D eigenvalue weighted by molar-refractivity contribution is 5.14. The molecule has 0 amide bonds. The number of hydrogen-bond acceptors (Lipinski definition) is 3. The third kappa shape index (κ3) is 2.86. The Bertz CT molecular complexity index is 339. The second-order valence-corrected chi connectivity index (χ2v) is 4.65. The van der Waals surface area contributed by atoms with E-state index in [1.807, 2.05) is 25.1 Å². The number of hydrogen-bond donors (Lipinski definition) is 1. The van der Waals surface area contributed by atoms with Crippen molar-refractivity contribution in [2.45, 2.75) is 38.3 Å². The third-order valence-electron chi connectivity index (χ3n) is 3.51. The molecule has 1 fully saturated rings. The largest absolute Gasteiger partial charge is 0.387 e. The Labute approximate surface area is 102 Å². The maximum atomic E-state index is 9.88. The highest BCUT2D eigenvalue weighted by Crippen LogP contribution is 2.29. The zero-order chi connectivity index (χ0) is 12.3. The van der Waals surface area contributed by atoms with Gasteiger partial charge in [-0.2, -0.15) is 0 Å². The molecule has 0 aromatic heterocycles. The fraction of sp³-hybridized carbons (Fsp3) is 0.571. The Kier molecular flexibility index (Phi) is 4.15. The van der Waals surface area contributed by atoms with E-state index < -0.39 is 12.4 Å². The molecule has 1 aliphatic rings. The van der Waals surface area contributed by atoms with Gasteiger partial charge in [-0.3, -0.25) is 0 Å². The molecule has 0 aliphatic carbocycles. The number of rotatable bonds is 4. The van der Waals surface area contributed by atoms with Crippen LogP contribution in [0.25, 0.3) is 0 Å². The molecule has 1 saturated heterocycles. The van der Waals surface area contributed by atoms with Crippen molar-refractivity contribution in [1.29, 1.82) is 0 Å². The standard InChI is InChI=1S/C14H20O3/c1-10-12(17-14(16-2)13(10)15)9-8-11-6-4-3-5-7-11/h3-7,10,12-15H,8-9H2,1-2H3/t10-,12-,13-,14?/m1/s1. The number of aliphatic hydroxyl groups excluding tert-OH is 1. The van der Waals surface area contributed by atoms with Crippen molar-refractivity contribution in [1.82, 2.24) is 0 Å². The summed E-state index contributed by atoms with van der Waals surface area (Å²) in [6.07, 6.45) is 0.989. The fourth-order valence-corrected chi connectivity index (χ4v) is 2.32. The molecule has 3 nitrogen and oxygen atoms in total. The number of methoxy groups -OCH3 is 1. The molecule has 17 heavy (non-hydrogen) atoms. The van der Waals surface area contributed by atoms with Crippen LogP contribution in [0.2, 0.25) is 0 Å². The van der Waals surface area contributed by atoms with Crippen molar-refractivity contribution >= 4 is 0 Å². The van der Waals surface area contributed by atoms with Crippen LogP contribution in [0.5, 0.6) is 0 Å². The van der Waals surface area contributed by atoms with Crippen molar-refractivity contribution in [3.8, 4) is 0 Å². The lowest BCUT2D eigenvalue weighted by molar-refractivity contribution is -0.148. The lowest BCUT2D eigenvalue weighted by atomic mass is 9.96. The Hall–Kier alpha value is -0.900. The molecule has 0 saturated carbocycles. The molecule has 4 atom stereocenters. The maximum Gasteiger partial charge on any atom is 0.183 e. The van der Waals surface area contributed by atoms with Gasteiger partial charge in [-0.25, -0.2) is 0 Å². The molecule has 1 heterocycles. The lowest BCUT2D eigenvalue weighted by Gasteiger charge is -2.14. The van der Waals surface area contributed by atoms with Crippen LogP contribution in [0.3, 0.4) is 0 Å². The average Bonchev–Trinajstić information content (AvgIpc) is 2.65. The molecule has 1 N–H and O–H groups in total. The molecule has 2 rings (SSSR count). The summed E-state index contributed by atoms with van der Waals surface area (Å²) in [7, 11) is 1.57. The van der Waals surface area contributed by atoms with Crippen molar-refractivity contribution in [2.75, 3.05) is 7.11 Å². The molecule has 1 aromatic carbocycles. The van der Waals surface area contributed by atoms with Gasteiger partial charge in [0.05, 0.1) is 6.10 Å². The number of aryl methyl sites for hydroxylation is 1. The van der Waals surface area contributed by atoms with Gasteiger partial charge in [-0.15, -0.1) is 0 Å². The summed E-state index contributed by atoms with van der Waals surface area (Å²) >= 11 is 0. The predicted molar refractivity (Wildman–Crippen MR) is 65.6 cm³/mol. The first-order chi connectivity index (χ1) is 8.22. The van der Waals surface area contributed by atoms with Gasteiger partial charge in [0.15, 0.2) is 6.29 Å². The first-order valence-corrected chi connectivity index (χ1v) is 6.12. The summed E-state index contributed by atoms with van der Waals surface area (Å²) in [6.45, 7) is 2.01. The summed E-state index contributed by atoms with van der Waals surface area (Å²) in [5, 5.41) is 9.88. The Morgan fingerprint density at radius 1 is 1.29 bits per heavy atom. The predicted octanol–water partition coefficient (Wildman–Crippen LogP) is 1.99. The SMILES string of the molecule is COC1O[C@H](CCc2ccccc2)[C@@H](C)[C@H]1O. The molecule has 1 unspecified atom stereocenters. The van der Waals surface area contributed by atoms with E-state index in [1.165, 1.54) is 5.56 Å². The Morgan fingerprint density at radius 3 is 2.59 bits per heavy atom. The van der Waals surface area contributed by atoms with Crippen LogP contribution >= 0.6 is 0 Å². The summed E-state index contributed by atoms with van der Waals surface area (Å²) in [4.78, 5) is 0. The molecule has 1 aliphatic heterocycles. The topological polar surface area (TPSA) is 38.7 Å². The van der Waals surface area contributed by atoms with Crippen molar-refractivity contribution in [3.05, 3.63) is 35.9 Å². The summed E-state index contributed by atoms with van der Waals surface area (Å²) < 4.78 is 10.8. The highest BCUT2D eigenvalue weighted by Gasteiger charge is 2.40. The van der Waals surface area contributed by atoms with Gasteiger partial charge in [0.2, 0.25) is 0 Å². The molecular formula is C14H20O3. The molecule has 1 aromatic rings. The molecule has 0 spiro atoms. The van der Waals surface area contributed by atoms with Crippen LogP contribution in [0.15, 0.2) is 30.3 Å². The first kappa shape index (κ1) is 12.6. The quantitative estimate of drug-likeness (QED) is 0.869. The van der Waals surface area contributed by atoms with Gasteiger partial charge in [-0.1, -0.05) is 37.3 Å². The molecule has 0 radical (unpaired) electrons. The van der Waals surface area contributed by atoms with E-state index in [9.17, 15) is 5.11 Å². The van der Waals surface area contributed by atoms with Crippen LogP contribution < -0.4 is 0 Å². The normalized spacial score (nSPS) is 32.9. The third-order valence-corrected chi connectivity index (χ3v) is 3.51. The lowest BCUT2D eigenvalue weighted by Crippen LogP contribution is -2.26. The minimum atomic E-state index is -0.513. The molecule has 3 heteroatoms. The van der Waals surface area contributed by atoms with Crippen molar-refractivity contribution in [2.24, 2.45) is 5.92 Å². The minimum Gasteiger partial charge on any atom is -0.387 e.